The molecule has 0 saturated carbocycles. The van der Waals surface area contributed by atoms with Crippen molar-refractivity contribution in [1.29, 1.82) is 0 Å². The molecule has 1 aromatic carbocycles. The van der Waals surface area contributed by atoms with Crippen molar-refractivity contribution in [2.45, 2.75) is 39.3 Å². The van der Waals surface area contributed by atoms with Crippen LogP contribution in [0.15, 0.2) is 47.7 Å². The molecule has 0 saturated heterocycles. The van der Waals surface area contributed by atoms with Crippen LogP contribution in [-0.2, 0) is 24.2 Å². The second-order valence-electron chi connectivity index (χ2n) is 7.40. The first-order valence-corrected chi connectivity index (χ1v) is 11.0. The van der Waals surface area contributed by atoms with Gasteiger partial charge in [-0.2, -0.15) is 0 Å². The first kappa shape index (κ1) is 27.4. The number of hydrogen-bond donors (Lipinski definition) is 2. The van der Waals surface area contributed by atoms with Gasteiger partial charge in [0.2, 0.25) is 0 Å². The van der Waals surface area contributed by atoms with E-state index in [-0.39, 0.29) is 24.0 Å². The highest BCUT2D eigenvalue weighted by Crippen LogP contribution is 2.06. The van der Waals surface area contributed by atoms with Crippen LogP contribution in [0.2, 0.25) is 0 Å². The summed E-state index contributed by atoms with van der Waals surface area (Å²) in [6.07, 6.45) is 7.12. The Labute approximate surface area is 204 Å². The smallest absolute Gasteiger partial charge is 0.191 e. The summed E-state index contributed by atoms with van der Waals surface area (Å²) in [5.74, 6) is 1.83. The summed E-state index contributed by atoms with van der Waals surface area (Å²) in [6, 6.07) is 10.6. The van der Waals surface area contributed by atoms with Crippen LogP contribution in [0.1, 0.15) is 31.2 Å². The summed E-state index contributed by atoms with van der Waals surface area (Å²) in [4.78, 5) is 11.5. The first-order chi connectivity index (χ1) is 14.7. The largest absolute Gasteiger partial charge is 0.385 e. The Bertz CT molecular complexity index is 722. The van der Waals surface area contributed by atoms with Gasteiger partial charge < -0.3 is 24.8 Å². The molecule has 0 amide bonds. The van der Waals surface area contributed by atoms with Gasteiger partial charge in [0.1, 0.15) is 12.4 Å². The number of nitrogens with zero attached hydrogens (tertiary/aromatic N) is 4. The molecule has 0 fully saturated rings. The van der Waals surface area contributed by atoms with Crippen molar-refractivity contribution in [1.82, 2.24) is 25.1 Å². The highest BCUT2D eigenvalue weighted by atomic mass is 127. The molecule has 7 nitrogen and oxygen atoms in total. The van der Waals surface area contributed by atoms with Crippen molar-refractivity contribution < 1.29 is 4.74 Å². The number of aromatic nitrogens is 2. The molecule has 0 radical (unpaired) electrons. The van der Waals surface area contributed by atoms with Crippen LogP contribution in [0.5, 0.6) is 0 Å². The second-order valence-corrected chi connectivity index (χ2v) is 7.40. The third kappa shape index (κ3) is 11.5. The summed E-state index contributed by atoms with van der Waals surface area (Å²) in [5, 5.41) is 6.74. The summed E-state index contributed by atoms with van der Waals surface area (Å²) >= 11 is 0. The van der Waals surface area contributed by atoms with Crippen LogP contribution in [0.4, 0.5) is 0 Å². The number of guanidine groups is 1. The molecule has 0 aliphatic rings. The molecule has 174 valence electrons. The van der Waals surface area contributed by atoms with E-state index in [9.17, 15) is 0 Å². The monoisotopic (exact) mass is 542 g/mol. The minimum Gasteiger partial charge on any atom is -0.385 e. The van der Waals surface area contributed by atoms with E-state index >= 15 is 0 Å². The number of halogens is 1. The van der Waals surface area contributed by atoms with Gasteiger partial charge >= 0.3 is 0 Å². The number of aliphatic imine (C=N–C) groups is 1. The summed E-state index contributed by atoms with van der Waals surface area (Å²) in [7, 11) is 3.88. The fraction of sp³-hybridized carbons (Fsp3) is 0.565. The van der Waals surface area contributed by atoms with Crippen molar-refractivity contribution in [3.8, 4) is 0 Å². The fourth-order valence-electron chi connectivity index (χ4n) is 3.24. The average Bonchev–Trinajstić information content (AvgIpc) is 3.20. The number of hydrogen-bond acceptors (Lipinski definition) is 4. The van der Waals surface area contributed by atoms with E-state index in [1.54, 1.807) is 7.11 Å². The Balaban J connectivity index is 0.00000480. The van der Waals surface area contributed by atoms with E-state index in [2.05, 4.69) is 69.4 Å². The lowest BCUT2D eigenvalue weighted by Gasteiger charge is -2.18. The SMILES string of the molecule is CCNC(=NCc1nccn1CCCc1ccccc1)NCCN(C)CCCOC.I. The van der Waals surface area contributed by atoms with Crippen LogP contribution in [0.3, 0.4) is 0 Å². The molecule has 0 spiro atoms. The van der Waals surface area contributed by atoms with Crippen LogP contribution >= 0.6 is 24.0 Å². The number of rotatable bonds is 14. The Morgan fingerprint density at radius 2 is 1.97 bits per heavy atom. The molecule has 1 heterocycles. The lowest BCUT2D eigenvalue weighted by molar-refractivity contribution is 0.180. The topological polar surface area (TPSA) is 66.7 Å². The van der Waals surface area contributed by atoms with E-state index in [1.807, 2.05) is 12.4 Å². The van der Waals surface area contributed by atoms with Gasteiger partial charge in [-0.15, -0.1) is 24.0 Å². The van der Waals surface area contributed by atoms with Crippen molar-refractivity contribution in [3.63, 3.8) is 0 Å². The maximum absolute atomic E-state index is 5.11. The Hall–Kier alpha value is -1.65. The lowest BCUT2D eigenvalue weighted by atomic mass is 10.1. The number of methoxy groups -OCH3 is 1. The minimum atomic E-state index is 0. The van der Waals surface area contributed by atoms with Crippen LogP contribution < -0.4 is 10.6 Å². The number of likely N-dealkylation sites (N-methyl/N-ethyl adjacent to an activating group) is 1. The molecule has 0 atom stereocenters. The third-order valence-electron chi connectivity index (χ3n) is 4.91. The zero-order valence-corrected chi connectivity index (χ0v) is 21.5. The van der Waals surface area contributed by atoms with Gasteiger partial charge in [0, 0.05) is 58.8 Å². The lowest BCUT2D eigenvalue weighted by Crippen LogP contribution is -2.41. The van der Waals surface area contributed by atoms with E-state index in [0.717, 1.165) is 70.4 Å². The average molecular weight is 543 g/mol. The zero-order chi connectivity index (χ0) is 21.4. The number of benzene rings is 1. The van der Waals surface area contributed by atoms with E-state index in [4.69, 9.17) is 9.73 Å². The molecule has 2 N–H and O–H groups in total. The second kappa shape index (κ2) is 17.0. The van der Waals surface area contributed by atoms with Gasteiger partial charge in [-0.05, 0) is 38.8 Å². The molecule has 0 bridgehead atoms. The first-order valence-electron chi connectivity index (χ1n) is 11.0. The van der Waals surface area contributed by atoms with Gasteiger partial charge in [-0.25, -0.2) is 9.98 Å². The van der Waals surface area contributed by atoms with Gasteiger partial charge in [0.15, 0.2) is 5.96 Å². The molecule has 0 aliphatic heterocycles. The predicted octanol–water partition coefficient (Wildman–Crippen LogP) is 3.16. The van der Waals surface area contributed by atoms with E-state index in [1.165, 1.54) is 5.56 Å². The zero-order valence-electron chi connectivity index (χ0n) is 19.2. The number of ether oxygens (including phenoxy) is 1. The van der Waals surface area contributed by atoms with Crippen molar-refractivity contribution in [2.75, 3.05) is 46.9 Å². The standard InChI is InChI=1S/C23H38N6O.HI/c1-4-24-23(26-13-17-28(2)15-9-19-30-3)27-20-22-25-14-18-29(22)16-8-12-21-10-6-5-7-11-21;/h5-7,10-11,14,18H,4,8-9,12-13,15-17,19-20H2,1-3H3,(H2,24,26,27);1H. The molecule has 2 rings (SSSR count). The van der Waals surface area contributed by atoms with Gasteiger partial charge in [0.25, 0.3) is 0 Å². The fourth-order valence-corrected chi connectivity index (χ4v) is 3.24. The normalized spacial score (nSPS) is 11.4. The molecule has 1 aromatic heterocycles. The maximum atomic E-state index is 5.11. The molecular weight excluding hydrogens is 503 g/mol. The molecule has 31 heavy (non-hydrogen) atoms. The van der Waals surface area contributed by atoms with Gasteiger partial charge in [-0.1, -0.05) is 30.3 Å². The Kier molecular flexibility index (Phi) is 15.0. The van der Waals surface area contributed by atoms with Gasteiger partial charge in [0.05, 0.1) is 0 Å². The number of aryl methyl sites for hydroxylation is 2. The summed E-state index contributed by atoms with van der Waals surface area (Å²) in [6.45, 7) is 8.08. The van der Waals surface area contributed by atoms with Gasteiger partial charge in [-0.3, -0.25) is 0 Å². The van der Waals surface area contributed by atoms with E-state index in [0.29, 0.717) is 6.54 Å². The highest BCUT2D eigenvalue weighted by Gasteiger charge is 2.05. The highest BCUT2D eigenvalue weighted by molar-refractivity contribution is 14.0. The quantitative estimate of drug-likeness (QED) is 0.166. The molecule has 8 heteroatoms. The molecular formula is C23H39IN6O. The number of imidazole rings is 1. The van der Waals surface area contributed by atoms with Crippen molar-refractivity contribution in [3.05, 3.63) is 54.1 Å². The van der Waals surface area contributed by atoms with Crippen molar-refractivity contribution in [2.24, 2.45) is 4.99 Å². The number of nitrogens with one attached hydrogen (secondary N) is 2. The maximum Gasteiger partial charge on any atom is 0.191 e. The molecule has 0 aliphatic carbocycles. The summed E-state index contributed by atoms with van der Waals surface area (Å²) < 4.78 is 7.32. The van der Waals surface area contributed by atoms with Crippen LogP contribution in [-0.4, -0.2) is 67.4 Å². The Morgan fingerprint density at radius 1 is 1.16 bits per heavy atom. The predicted molar refractivity (Wildman–Crippen MR) is 139 cm³/mol. The Morgan fingerprint density at radius 3 is 2.71 bits per heavy atom. The molecule has 0 unspecified atom stereocenters. The minimum absolute atomic E-state index is 0. The van der Waals surface area contributed by atoms with Crippen LogP contribution in [0.25, 0.3) is 0 Å². The third-order valence-corrected chi connectivity index (χ3v) is 4.91. The van der Waals surface area contributed by atoms with E-state index < -0.39 is 0 Å². The molecule has 2 aromatic rings. The van der Waals surface area contributed by atoms with Crippen molar-refractivity contribution >= 4 is 29.9 Å². The van der Waals surface area contributed by atoms with Crippen LogP contribution in [0, 0.1) is 0 Å². The summed E-state index contributed by atoms with van der Waals surface area (Å²) in [5.41, 5.74) is 1.38.